The van der Waals surface area contributed by atoms with E-state index in [1.54, 1.807) is 16.9 Å². The number of nitrogens with one attached hydrogen (secondary N) is 1. The molecular weight excluding hydrogens is 256 g/mol. The van der Waals surface area contributed by atoms with Crippen molar-refractivity contribution >= 4 is 23.0 Å². The molecule has 1 aromatic carbocycles. The Bertz CT molecular complexity index is 542. The van der Waals surface area contributed by atoms with Crippen LogP contribution in [0.5, 0.6) is 0 Å². The lowest BCUT2D eigenvalue weighted by Crippen LogP contribution is -2.11. The summed E-state index contributed by atoms with van der Waals surface area (Å²) in [6.07, 6.45) is 3.57. The van der Waals surface area contributed by atoms with Crippen molar-refractivity contribution in [2.24, 2.45) is 0 Å². The van der Waals surface area contributed by atoms with Gasteiger partial charge in [0.2, 0.25) is 0 Å². The van der Waals surface area contributed by atoms with Crippen molar-refractivity contribution in [2.45, 2.75) is 6.54 Å². The Labute approximate surface area is 108 Å². The Morgan fingerprint density at radius 1 is 1.50 bits per heavy atom. The minimum Gasteiger partial charge on any atom is -0.382 e. The lowest BCUT2D eigenvalue weighted by Gasteiger charge is -2.08. The second kappa shape index (κ2) is 5.50. The predicted molar refractivity (Wildman–Crippen MR) is 68.8 cm³/mol. The molecule has 0 spiro atoms. The van der Waals surface area contributed by atoms with Crippen LogP contribution in [0.3, 0.4) is 0 Å². The maximum absolute atomic E-state index is 10.5. The molecular formula is C11H11ClN4O2. The lowest BCUT2D eigenvalue weighted by molar-refractivity contribution is -0.384. The van der Waals surface area contributed by atoms with Crippen LogP contribution < -0.4 is 5.32 Å². The zero-order valence-corrected chi connectivity index (χ0v) is 10.2. The molecule has 94 valence electrons. The molecule has 0 aliphatic rings. The molecule has 2 aromatic rings. The van der Waals surface area contributed by atoms with E-state index in [4.69, 9.17) is 11.6 Å². The van der Waals surface area contributed by atoms with E-state index in [9.17, 15) is 10.1 Å². The molecule has 0 saturated heterocycles. The molecule has 1 N–H and O–H groups in total. The van der Waals surface area contributed by atoms with Gasteiger partial charge in [-0.2, -0.15) is 5.10 Å². The van der Waals surface area contributed by atoms with Gasteiger partial charge in [-0.1, -0.05) is 11.6 Å². The molecule has 6 nitrogen and oxygen atoms in total. The van der Waals surface area contributed by atoms with Crippen LogP contribution in [0.25, 0.3) is 0 Å². The fourth-order valence-electron chi connectivity index (χ4n) is 1.50. The third-order valence-corrected chi connectivity index (χ3v) is 2.69. The standard InChI is InChI=1S/C11H11ClN4O2/c12-10-8-9(16(17)18)2-3-11(10)13-5-7-15-6-1-4-14-15/h1-4,6,8,13H,5,7H2. The zero-order valence-electron chi connectivity index (χ0n) is 9.41. The smallest absolute Gasteiger partial charge is 0.271 e. The summed E-state index contributed by atoms with van der Waals surface area (Å²) in [6.45, 7) is 1.33. The average molecular weight is 267 g/mol. The summed E-state index contributed by atoms with van der Waals surface area (Å²) in [5, 5.41) is 18.0. The van der Waals surface area contributed by atoms with Crippen LogP contribution in [0.4, 0.5) is 11.4 Å². The Kier molecular flexibility index (Phi) is 3.78. The third kappa shape index (κ3) is 2.98. The van der Waals surface area contributed by atoms with E-state index in [1.165, 1.54) is 12.1 Å². The third-order valence-electron chi connectivity index (χ3n) is 2.38. The van der Waals surface area contributed by atoms with Gasteiger partial charge in [-0.25, -0.2) is 0 Å². The quantitative estimate of drug-likeness (QED) is 0.667. The maximum atomic E-state index is 10.5. The van der Waals surface area contributed by atoms with Gasteiger partial charge in [0.15, 0.2) is 0 Å². The monoisotopic (exact) mass is 266 g/mol. The van der Waals surface area contributed by atoms with Crippen LogP contribution in [-0.4, -0.2) is 21.2 Å². The van der Waals surface area contributed by atoms with Crippen LogP contribution in [0.1, 0.15) is 0 Å². The van der Waals surface area contributed by atoms with Crippen molar-refractivity contribution in [2.75, 3.05) is 11.9 Å². The first-order valence-electron chi connectivity index (χ1n) is 5.32. The van der Waals surface area contributed by atoms with Gasteiger partial charge in [0.05, 0.1) is 22.2 Å². The van der Waals surface area contributed by atoms with Gasteiger partial charge in [-0.15, -0.1) is 0 Å². The normalized spacial score (nSPS) is 10.3. The number of hydrogen-bond acceptors (Lipinski definition) is 4. The van der Waals surface area contributed by atoms with E-state index in [2.05, 4.69) is 10.4 Å². The van der Waals surface area contributed by atoms with E-state index >= 15 is 0 Å². The van der Waals surface area contributed by atoms with Gasteiger partial charge in [0.25, 0.3) is 5.69 Å². The summed E-state index contributed by atoms with van der Waals surface area (Å²) < 4.78 is 1.78. The fraction of sp³-hybridized carbons (Fsp3) is 0.182. The zero-order chi connectivity index (χ0) is 13.0. The predicted octanol–water partition coefficient (Wildman–Crippen LogP) is 2.56. The molecule has 0 bridgehead atoms. The Morgan fingerprint density at radius 2 is 2.33 bits per heavy atom. The van der Waals surface area contributed by atoms with E-state index in [0.717, 1.165) is 0 Å². The SMILES string of the molecule is O=[N+]([O-])c1ccc(NCCn2cccn2)c(Cl)c1. The molecule has 1 aromatic heterocycles. The van der Waals surface area contributed by atoms with Crippen molar-refractivity contribution in [3.63, 3.8) is 0 Å². The molecule has 0 amide bonds. The number of anilines is 1. The molecule has 18 heavy (non-hydrogen) atoms. The Morgan fingerprint density at radius 3 is 2.94 bits per heavy atom. The summed E-state index contributed by atoms with van der Waals surface area (Å²) >= 11 is 5.94. The maximum Gasteiger partial charge on any atom is 0.271 e. The molecule has 0 aliphatic heterocycles. The Balaban J connectivity index is 1.95. The molecule has 0 fully saturated rings. The number of rotatable bonds is 5. The van der Waals surface area contributed by atoms with E-state index in [-0.39, 0.29) is 5.69 Å². The molecule has 0 aliphatic carbocycles. The molecule has 7 heteroatoms. The first-order valence-corrected chi connectivity index (χ1v) is 5.70. The van der Waals surface area contributed by atoms with Crippen LogP contribution in [0.15, 0.2) is 36.7 Å². The number of hydrogen-bond donors (Lipinski definition) is 1. The van der Waals surface area contributed by atoms with Gasteiger partial charge < -0.3 is 5.32 Å². The van der Waals surface area contributed by atoms with E-state index in [0.29, 0.717) is 23.8 Å². The number of nitro benzene ring substituents is 1. The van der Waals surface area contributed by atoms with Crippen molar-refractivity contribution in [3.05, 3.63) is 51.8 Å². The highest BCUT2D eigenvalue weighted by Gasteiger charge is 2.08. The topological polar surface area (TPSA) is 73.0 Å². The average Bonchev–Trinajstić information content (AvgIpc) is 2.84. The number of halogens is 1. The van der Waals surface area contributed by atoms with Crippen LogP contribution >= 0.6 is 11.6 Å². The highest BCUT2D eigenvalue weighted by molar-refractivity contribution is 6.33. The van der Waals surface area contributed by atoms with Crippen molar-refractivity contribution in [1.29, 1.82) is 0 Å². The lowest BCUT2D eigenvalue weighted by atomic mass is 10.3. The van der Waals surface area contributed by atoms with Crippen molar-refractivity contribution in [1.82, 2.24) is 9.78 Å². The second-order valence-electron chi connectivity index (χ2n) is 3.62. The van der Waals surface area contributed by atoms with Crippen LogP contribution in [-0.2, 0) is 6.54 Å². The van der Waals surface area contributed by atoms with Crippen molar-refractivity contribution < 1.29 is 4.92 Å². The minimum atomic E-state index is -0.473. The van der Waals surface area contributed by atoms with Gasteiger partial charge in [0.1, 0.15) is 0 Å². The van der Waals surface area contributed by atoms with Gasteiger partial charge in [-0.3, -0.25) is 14.8 Å². The number of nitro groups is 1. The van der Waals surface area contributed by atoms with Gasteiger partial charge in [-0.05, 0) is 12.1 Å². The minimum absolute atomic E-state index is 0.0161. The molecule has 1 heterocycles. The molecule has 0 saturated carbocycles. The summed E-state index contributed by atoms with van der Waals surface area (Å²) in [7, 11) is 0. The number of benzene rings is 1. The highest BCUT2D eigenvalue weighted by Crippen LogP contribution is 2.26. The Hall–Kier alpha value is -2.08. The first-order chi connectivity index (χ1) is 8.66. The summed E-state index contributed by atoms with van der Waals surface area (Å²) in [5.74, 6) is 0. The molecule has 0 unspecified atom stereocenters. The van der Waals surface area contributed by atoms with Gasteiger partial charge in [0, 0.05) is 31.1 Å². The van der Waals surface area contributed by atoms with E-state index in [1.807, 2.05) is 12.3 Å². The second-order valence-corrected chi connectivity index (χ2v) is 4.02. The summed E-state index contributed by atoms with van der Waals surface area (Å²) in [4.78, 5) is 10.1. The number of non-ortho nitro benzene ring substituents is 1. The van der Waals surface area contributed by atoms with Crippen molar-refractivity contribution in [3.8, 4) is 0 Å². The number of nitrogens with zero attached hydrogens (tertiary/aromatic N) is 3. The van der Waals surface area contributed by atoms with Crippen LogP contribution in [0, 0.1) is 10.1 Å². The molecule has 0 atom stereocenters. The summed E-state index contributed by atoms with van der Waals surface area (Å²) in [6, 6.07) is 6.20. The van der Waals surface area contributed by atoms with Crippen LogP contribution in [0.2, 0.25) is 5.02 Å². The fourth-order valence-corrected chi connectivity index (χ4v) is 1.74. The van der Waals surface area contributed by atoms with E-state index < -0.39 is 4.92 Å². The summed E-state index contributed by atoms with van der Waals surface area (Å²) in [5.41, 5.74) is 0.659. The highest BCUT2D eigenvalue weighted by atomic mass is 35.5. The first kappa shape index (κ1) is 12.4. The molecule has 2 rings (SSSR count). The molecule has 0 radical (unpaired) electrons. The number of aromatic nitrogens is 2. The largest absolute Gasteiger partial charge is 0.382 e. The van der Waals surface area contributed by atoms with Gasteiger partial charge >= 0.3 is 0 Å².